The minimum Gasteiger partial charge on any atom is -0.285 e. The van der Waals surface area contributed by atoms with Crippen LogP contribution in [0.15, 0.2) is 6.08 Å². The van der Waals surface area contributed by atoms with E-state index in [0.717, 1.165) is 0 Å². The van der Waals surface area contributed by atoms with Crippen molar-refractivity contribution in [1.29, 1.82) is 0 Å². The third kappa shape index (κ3) is 3.12. The fourth-order valence-electron chi connectivity index (χ4n) is 0.0241. The third-order valence-corrected chi connectivity index (χ3v) is 0.118. The van der Waals surface area contributed by atoms with E-state index in [4.69, 9.17) is 9.59 Å². The van der Waals surface area contributed by atoms with Crippen molar-refractivity contribution in [1.82, 2.24) is 0 Å². The van der Waals surface area contributed by atoms with Gasteiger partial charge in [-0.15, -0.1) is 0 Å². The van der Waals surface area contributed by atoms with Crippen molar-refractivity contribution in [3.63, 3.8) is 0 Å². The van der Waals surface area contributed by atoms with Crippen molar-refractivity contribution < 1.29 is 9.59 Å². The Kier molecular flexibility index (Phi) is 2.57. The van der Waals surface area contributed by atoms with Crippen LogP contribution in [0.5, 0.6) is 0 Å². The van der Waals surface area contributed by atoms with Crippen molar-refractivity contribution in [3.8, 4) is 0 Å². The van der Waals surface area contributed by atoms with E-state index in [1.165, 1.54) is 12.2 Å². The predicted octanol–water partition coefficient (Wildman–Crippen LogP) is -0.516. The molecule has 0 aliphatic carbocycles. The molecule has 0 amide bonds. The molecule has 0 bridgehead atoms. The van der Waals surface area contributed by atoms with Crippen LogP contribution in [0.25, 0.3) is 0 Å². The van der Waals surface area contributed by atoms with Crippen LogP contribution in [0.2, 0.25) is 0 Å². The Bertz CT molecular complexity index is 69.0. The number of rotatable bonds is 1. The first kappa shape index (κ1) is 4.12. The molecule has 0 unspecified atom stereocenters. The van der Waals surface area contributed by atoms with Gasteiger partial charge in [-0.25, -0.2) is 4.79 Å². The lowest BCUT2D eigenvalue weighted by Gasteiger charge is -1.33. The SMILES string of the molecule is O=[C]C=C=O. The number of carbonyl (C=O) groups excluding carboxylic acids is 2. The van der Waals surface area contributed by atoms with Gasteiger partial charge in [-0.05, 0) is 0 Å². The standard InChI is InChI=1S/C3HO2/c4-2-1-3-5/h1H. The Morgan fingerprint density at radius 2 is 2.00 bits per heavy atom. The van der Waals surface area contributed by atoms with Crippen molar-refractivity contribution >= 4 is 12.2 Å². The van der Waals surface area contributed by atoms with Gasteiger partial charge in [0.1, 0.15) is 5.94 Å². The van der Waals surface area contributed by atoms with Gasteiger partial charge in [0.05, 0.1) is 6.08 Å². The Morgan fingerprint density at radius 3 is 2.00 bits per heavy atom. The zero-order chi connectivity index (χ0) is 4.12. The monoisotopic (exact) mass is 69.0 g/mol. The van der Waals surface area contributed by atoms with E-state index < -0.39 is 0 Å². The fourth-order valence-corrected chi connectivity index (χ4v) is 0.0241. The molecule has 0 aromatic heterocycles. The molecule has 0 fully saturated rings. The number of allylic oxidation sites excluding steroid dienone is 1. The molecule has 0 aromatic rings. The Hall–Kier alpha value is -0.880. The van der Waals surface area contributed by atoms with Crippen LogP contribution in [0.4, 0.5) is 0 Å². The molecule has 0 aliphatic heterocycles. The lowest BCUT2D eigenvalue weighted by Crippen LogP contribution is -1.53. The smallest absolute Gasteiger partial charge is 0.237 e. The first-order valence-corrected chi connectivity index (χ1v) is 0.986. The fraction of sp³-hybridized carbons (Fsp3) is 0. The molecule has 2 nitrogen and oxygen atoms in total. The molecule has 0 spiro atoms. The van der Waals surface area contributed by atoms with Gasteiger partial charge < -0.3 is 0 Å². The van der Waals surface area contributed by atoms with Crippen molar-refractivity contribution in [3.05, 3.63) is 6.08 Å². The molecule has 0 heterocycles. The van der Waals surface area contributed by atoms with Crippen LogP contribution in [-0.2, 0) is 9.59 Å². The average Bonchev–Trinajstić information content (AvgIpc) is 1.41. The van der Waals surface area contributed by atoms with Crippen LogP contribution >= 0.6 is 0 Å². The summed E-state index contributed by atoms with van der Waals surface area (Å²) in [5, 5.41) is 0. The summed E-state index contributed by atoms with van der Waals surface area (Å²) >= 11 is 0. The van der Waals surface area contributed by atoms with Crippen molar-refractivity contribution in [2.75, 3.05) is 0 Å². The molecular formula is C3HO2. The first-order valence-electron chi connectivity index (χ1n) is 0.986. The van der Waals surface area contributed by atoms with E-state index in [2.05, 4.69) is 0 Å². The highest BCUT2D eigenvalue weighted by atomic mass is 16.1. The van der Waals surface area contributed by atoms with Gasteiger partial charge in [0.2, 0.25) is 6.29 Å². The molecular weight excluding hydrogens is 68.0 g/mol. The van der Waals surface area contributed by atoms with Gasteiger partial charge in [-0.1, -0.05) is 0 Å². The van der Waals surface area contributed by atoms with E-state index in [1.54, 1.807) is 0 Å². The molecule has 1 radical (unpaired) electrons. The van der Waals surface area contributed by atoms with Crippen molar-refractivity contribution in [2.24, 2.45) is 0 Å². The normalized spacial score (nSPS) is 4.80. The Labute approximate surface area is 29.1 Å². The molecule has 2 heteroatoms. The molecule has 25 valence electrons. The summed E-state index contributed by atoms with van der Waals surface area (Å²) < 4.78 is 0. The summed E-state index contributed by atoms with van der Waals surface area (Å²) in [6, 6.07) is 0. The highest BCUT2D eigenvalue weighted by molar-refractivity contribution is 5.77. The second kappa shape index (κ2) is 3.12. The molecule has 0 aliphatic rings. The van der Waals surface area contributed by atoms with Gasteiger partial charge in [-0.3, -0.25) is 4.79 Å². The zero-order valence-corrected chi connectivity index (χ0v) is 2.39. The number of hydrogen-bond acceptors (Lipinski definition) is 2. The second-order valence-corrected chi connectivity index (χ2v) is 0.380. The summed E-state index contributed by atoms with van der Waals surface area (Å²) in [6.45, 7) is 0. The second-order valence-electron chi connectivity index (χ2n) is 0.380. The molecule has 0 saturated carbocycles. The number of hydrogen-bond donors (Lipinski definition) is 0. The van der Waals surface area contributed by atoms with Crippen LogP contribution in [0.3, 0.4) is 0 Å². The van der Waals surface area contributed by atoms with Gasteiger partial charge in [0, 0.05) is 0 Å². The predicted molar refractivity (Wildman–Crippen MR) is 16.0 cm³/mol. The highest BCUT2D eigenvalue weighted by Crippen LogP contribution is 1.34. The highest BCUT2D eigenvalue weighted by Gasteiger charge is 1.52. The lowest BCUT2D eigenvalue weighted by molar-refractivity contribution is 0.560. The minimum absolute atomic E-state index is 0.639. The molecule has 0 atom stereocenters. The van der Waals surface area contributed by atoms with E-state index in [9.17, 15) is 0 Å². The summed E-state index contributed by atoms with van der Waals surface area (Å²) in [6.07, 6.45) is 1.86. The van der Waals surface area contributed by atoms with E-state index in [1.807, 2.05) is 0 Å². The third-order valence-electron chi connectivity index (χ3n) is 0.118. The Balaban J connectivity index is 3.31. The molecule has 5 heavy (non-hydrogen) atoms. The van der Waals surface area contributed by atoms with Crippen LogP contribution in [0.1, 0.15) is 0 Å². The minimum atomic E-state index is 0.639. The van der Waals surface area contributed by atoms with Crippen LogP contribution in [-0.4, -0.2) is 12.2 Å². The van der Waals surface area contributed by atoms with E-state index in [0.29, 0.717) is 6.08 Å². The zero-order valence-electron chi connectivity index (χ0n) is 2.39. The van der Waals surface area contributed by atoms with Gasteiger partial charge in [0.15, 0.2) is 0 Å². The van der Waals surface area contributed by atoms with Crippen LogP contribution < -0.4 is 0 Å². The largest absolute Gasteiger partial charge is 0.285 e. The first-order chi connectivity index (χ1) is 2.41. The maximum absolute atomic E-state index is 8.96. The van der Waals surface area contributed by atoms with Gasteiger partial charge in [0.25, 0.3) is 0 Å². The summed E-state index contributed by atoms with van der Waals surface area (Å²) in [5.74, 6) is 1.22. The summed E-state index contributed by atoms with van der Waals surface area (Å²) in [5.41, 5.74) is 0. The molecule has 0 rings (SSSR count). The maximum Gasteiger partial charge on any atom is 0.237 e. The van der Waals surface area contributed by atoms with Gasteiger partial charge >= 0.3 is 0 Å². The summed E-state index contributed by atoms with van der Waals surface area (Å²) in [4.78, 5) is 17.9. The topological polar surface area (TPSA) is 34.1 Å². The molecule has 0 saturated heterocycles. The summed E-state index contributed by atoms with van der Waals surface area (Å²) in [7, 11) is 0. The maximum atomic E-state index is 8.96. The van der Waals surface area contributed by atoms with Crippen molar-refractivity contribution in [2.45, 2.75) is 0 Å². The van der Waals surface area contributed by atoms with E-state index >= 15 is 0 Å². The lowest BCUT2D eigenvalue weighted by atomic mass is 10.7. The quantitative estimate of drug-likeness (QED) is 0.307. The van der Waals surface area contributed by atoms with Crippen LogP contribution in [0, 0.1) is 0 Å². The average molecular weight is 69.0 g/mol. The molecule has 0 N–H and O–H groups in total. The van der Waals surface area contributed by atoms with E-state index in [-0.39, 0.29) is 0 Å². The Morgan fingerprint density at radius 1 is 1.40 bits per heavy atom. The molecule has 0 aromatic carbocycles. The van der Waals surface area contributed by atoms with Gasteiger partial charge in [-0.2, -0.15) is 0 Å².